The molecule has 0 aliphatic heterocycles. The Balaban J connectivity index is 2.39. The number of nitrogens with two attached hydrogens (primary N) is 1. The smallest absolute Gasteiger partial charge is 0.145 e. The summed E-state index contributed by atoms with van der Waals surface area (Å²) < 4.78 is 11.9. The van der Waals surface area contributed by atoms with Gasteiger partial charge in [0, 0.05) is 0 Å². The highest BCUT2D eigenvalue weighted by atomic mass is 19.1. The lowest BCUT2D eigenvalue weighted by atomic mass is 10.4. The minimum Gasteiger partial charge on any atom is -0.409 e. The molecular formula is C4H7FN2O. The maximum Gasteiger partial charge on any atom is 0.145 e. The normalized spacial score (nSPS) is 37.4. The average molecular weight is 118 g/mol. The molecule has 46 valence electrons. The summed E-state index contributed by atoms with van der Waals surface area (Å²) in [4.78, 5) is 0. The van der Waals surface area contributed by atoms with Gasteiger partial charge in [-0.15, -0.1) is 0 Å². The van der Waals surface area contributed by atoms with E-state index in [0.29, 0.717) is 6.42 Å². The summed E-state index contributed by atoms with van der Waals surface area (Å²) in [6, 6.07) is 0. The first-order valence-corrected chi connectivity index (χ1v) is 2.37. The molecule has 0 bridgehead atoms. The zero-order valence-corrected chi connectivity index (χ0v) is 4.21. The molecule has 0 saturated heterocycles. The molecular weight excluding hydrogens is 111 g/mol. The second-order valence-electron chi connectivity index (χ2n) is 1.88. The van der Waals surface area contributed by atoms with Crippen molar-refractivity contribution >= 4 is 5.84 Å². The Kier molecular flexibility index (Phi) is 1.08. The van der Waals surface area contributed by atoms with Crippen molar-refractivity contribution < 1.29 is 9.60 Å². The minimum atomic E-state index is -0.870. The minimum absolute atomic E-state index is 0.0116. The topological polar surface area (TPSA) is 58.6 Å². The maximum absolute atomic E-state index is 11.9. The van der Waals surface area contributed by atoms with E-state index in [-0.39, 0.29) is 11.8 Å². The Morgan fingerprint density at radius 1 is 1.88 bits per heavy atom. The summed E-state index contributed by atoms with van der Waals surface area (Å²) in [5.74, 6) is -0.294. The van der Waals surface area contributed by atoms with Gasteiger partial charge in [0.25, 0.3) is 0 Å². The number of halogens is 1. The number of hydrogen-bond donors (Lipinski definition) is 2. The van der Waals surface area contributed by atoms with Crippen LogP contribution in [-0.2, 0) is 0 Å². The standard InChI is InChI=1S/C4H7FN2O/c5-3-1-2(3)4(6)7-8/h2-3,8H,1H2,(H2,6,7)/t2-,3-/m0/s1. The van der Waals surface area contributed by atoms with Crippen molar-refractivity contribution in [1.29, 1.82) is 0 Å². The lowest BCUT2D eigenvalue weighted by Gasteiger charge is -1.87. The first-order chi connectivity index (χ1) is 3.75. The fourth-order valence-corrected chi connectivity index (χ4v) is 0.544. The van der Waals surface area contributed by atoms with Crippen molar-refractivity contribution in [3.8, 4) is 0 Å². The molecule has 2 atom stereocenters. The van der Waals surface area contributed by atoms with Crippen LogP contribution in [-0.4, -0.2) is 17.2 Å². The molecule has 1 saturated carbocycles. The van der Waals surface area contributed by atoms with Crippen LogP contribution in [0.25, 0.3) is 0 Å². The molecule has 3 nitrogen and oxygen atoms in total. The number of amidine groups is 1. The van der Waals surface area contributed by atoms with Crippen LogP contribution in [0.5, 0.6) is 0 Å². The van der Waals surface area contributed by atoms with Gasteiger partial charge in [0.05, 0.1) is 5.92 Å². The van der Waals surface area contributed by atoms with E-state index >= 15 is 0 Å². The van der Waals surface area contributed by atoms with Gasteiger partial charge in [-0.3, -0.25) is 0 Å². The van der Waals surface area contributed by atoms with E-state index in [9.17, 15) is 4.39 Å². The third kappa shape index (κ3) is 0.731. The molecule has 0 spiro atoms. The predicted octanol–water partition coefficient (Wildman–Crippen LogP) is 0.0908. The van der Waals surface area contributed by atoms with E-state index in [1.807, 2.05) is 0 Å². The summed E-state index contributed by atoms with van der Waals surface area (Å²) in [5.41, 5.74) is 5.03. The van der Waals surface area contributed by atoms with Crippen LogP contribution in [0, 0.1) is 5.92 Å². The lowest BCUT2D eigenvalue weighted by molar-refractivity contribution is 0.315. The highest BCUT2D eigenvalue weighted by Gasteiger charge is 2.41. The zero-order valence-electron chi connectivity index (χ0n) is 4.21. The molecule has 0 aromatic rings. The van der Waals surface area contributed by atoms with E-state index in [0.717, 1.165) is 0 Å². The molecule has 3 N–H and O–H groups in total. The highest BCUT2D eigenvalue weighted by Crippen LogP contribution is 2.33. The Morgan fingerprint density at radius 3 is 2.50 bits per heavy atom. The van der Waals surface area contributed by atoms with Gasteiger partial charge in [-0.2, -0.15) is 0 Å². The third-order valence-corrected chi connectivity index (χ3v) is 1.21. The molecule has 1 rings (SSSR count). The van der Waals surface area contributed by atoms with Gasteiger partial charge in [0.2, 0.25) is 0 Å². The van der Waals surface area contributed by atoms with Crippen molar-refractivity contribution in [2.24, 2.45) is 16.8 Å². The Morgan fingerprint density at radius 2 is 2.38 bits per heavy atom. The Bertz CT molecular complexity index is 125. The third-order valence-electron chi connectivity index (χ3n) is 1.21. The summed E-state index contributed by atoms with van der Waals surface area (Å²) >= 11 is 0. The van der Waals surface area contributed by atoms with Crippen molar-refractivity contribution in [3.05, 3.63) is 0 Å². The molecule has 0 unspecified atom stereocenters. The van der Waals surface area contributed by atoms with Gasteiger partial charge >= 0.3 is 0 Å². The molecule has 1 fully saturated rings. The number of rotatable bonds is 1. The summed E-state index contributed by atoms with van der Waals surface area (Å²) in [5, 5.41) is 10.6. The first kappa shape index (κ1) is 5.34. The van der Waals surface area contributed by atoms with Gasteiger partial charge in [0.15, 0.2) is 0 Å². The largest absolute Gasteiger partial charge is 0.409 e. The van der Waals surface area contributed by atoms with Crippen molar-refractivity contribution in [2.45, 2.75) is 12.6 Å². The molecule has 8 heavy (non-hydrogen) atoms. The summed E-state index contributed by atoms with van der Waals surface area (Å²) in [6.45, 7) is 0. The number of oxime groups is 1. The maximum atomic E-state index is 11.9. The first-order valence-electron chi connectivity index (χ1n) is 2.37. The Labute approximate surface area is 46.0 Å². The fourth-order valence-electron chi connectivity index (χ4n) is 0.544. The van der Waals surface area contributed by atoms with Gasteiger partial charge < -0.3 is 10.9 Å². The van der Waals surface area contributed by atoms with Gasteiger partial charge in [-0.25, -0.2) is 4.39 Å². The SMILES string of the molecule is NC(=NO)[C@H]1C[C@@H]1F. The van der Waals surface area contributed by atoms with Gasteiger partial charge in [-0.1, -0.05) is 5.16 Å². The molecule has 0 amide bonds. The van der Waals surface area contributed by atoms with Crippen LogP contribution < -0.4 is 5.73 Å². The molecule has 0 aromatic carbocycles. The van der Waals surface area contributed by atoms with Crippen LogP contribution in [0.1, 0.15) is 6.42 Å². The van der Waals surface area contributed by atoms with E-state index in [2.05, 4.69) is 5.16 Å². The summed E-state index contributed by atoms with van der Waals surface area (Å²) in [7, 11) is 0. The number of hydrogen-bond acceptors (Lipinski definition) is 2. The van der Waals surface area contributed by atoms with E-state index < -0.39 is 6.17 Å². The van der Waals surface area contributed by atoms with Gasteiger partial charge in [-0.05, 0) is 6.42 Å². The van der Waals surface area contributed by atoms with Crippen LogP contribution in [0.3, 0.4) is 0 Å². The quantitative estimate of drug-likeness (QED) is 0.222. The molecule has 0 heterocycles. The molecule has 0 aromatic heterocycles. The second-order valence-corrected chi connectivity index (χ2v) is 1.88. The number of nitrogens with zero attached hydrogens (tertiary/aromatic N) is 1. The zero-order chi connectivity index (χ0) is 6.15. The summed E-state index contributed by atoms with van der Waals surface area (Å²) in [6.07, 6.45) is -0.457. The number of alkyl halides is 1. The van der Waals surface area contributed by atoms with Crippen LogP contribution >= 0.6 is 0 Å². The molecule has 0 radical (unpaired) electrons. The van der Waals surface area contributed by atoms with Crippen LogP contribution in [0.2, 0.25) is 0 Å². The Hall–Kier alpha value is -0.800. The average Bonchev–Trinajstić information content (AvgIpc) is 2.45. The predicted molar refractivity (Wildman–Crippen MR) is 26.4 cm³/mol. The molecule has 1 aliphatic rings. The fraction of sp³-hybridized carbons (Fsp3) is 0.750. The van der Waals surface area contributed by atoms with Gasteiger partial charge in [0.1, 0.15) is 12.0 Å². The molecule has 1 aliphatic carbocycles. The van der Waals surface area contributed by atoms with Crippen LogP contribution in [0.15, 0.2) is 5.16 Å². The van der Waals surface area contributed by atoms with Crippen molar-refractivity contribution in [3.63, 3.8) is 0 Å². The van der Waals surface area contributed by atoms with Crippen molar-refractivity contribution in [2.75, 3.05) is 0 Å². The monoisotopic (exact) mass is 118 g/mol. The second kappa shape index (κ2) is 1.61. The van der Waals surface area contributed by atoms with E-state index in [1.165, 1.54) is 0 Å². The van der Waals surface area contributed by atoms with Crippen molar-refractivity contribution in [1.82, 2.24) is 0 Å². The highest BCUT2D eigenvalue weighted by molar-refractivity contribution is 5.85. The van der Waals surface area contributed by atoms with E-state index in [4.69, 9.17) is 10.9 Å². The lowest BCUT2D eigenvalue weighted by Crippen LogP contribution is -2.15. The molecule has 4 heteroatoms. The van der Waals surface area contributed by atoms with E-state index in [1.54, 1.807) is 0 Å². The van der Waals surface area contributed by atoms with Crippen LogP contribution in [0.4, 0.5) is 4.39 Å².